The Morgan fingerprint density at radius 3 is 2.71 bits per heavy atom. The molecule has 4 heteroatoms. The van der Waals surface area contributed by atoms with Crippen LogP contribution in [0, 0.1) is 6.92 Å². The Balaban J connectivity index is 2.53. The van der Waals surface area contributed by atoms with E-state index in [1.54, 1.807) is 0 Å². The first kappa shape index (κ1) is 14.2. The smallest absolute Gasteiger partial charge is 0.320 e. The maximum Gasteiger partial charge on any atom is 0.320 e. The van der Waals surface area contributed by atoms with Crippen LogP contribution in [0.4, 0.5) is 0 Å². The Kier molecular flexibility index (Phi) is 5.65. The lowest BCUT2D eigenvalue weighted by molar-refractivity contribution is -0.139. The van der Waals surface area contributed by atoms with Crippen LogP contribution < -0.4 is 5.32 Å². The zero-order valence-electron chi connectivity index (χ0n) is 10.4. The molecule has 0 aliphatic rings. The van der Waals surface area contributed by atoms with Crippen molar-refractivity contribution in [2.24, 2.45) is 0 Å². The van der Waals surface area contributed by atoms with E-state index in [2.05, 4.69) is 52.0 Å². The van der Waals surface area contributed by atoms with Crippen molar-refractivity contribution in [3.05, 3.63) is 35.4 Å². The normalized spacial score (nSPS) is 14.1. The van der Waals surface area contributed by atoms with Gasteiger partial charge >= 0.3 is 5.97 Å². The van der Waals surface area contributed by atoms with Gasteiger partial charge in [0.05, 0.1) is 7.11 Å². The molecule has 17 heavy (non-hydrogen) atoms. The summed E-state index contributed by atoms with van der Waals surface area (Å²) in [5.41, 5.74) is 2.49. The summed E-state index contributed by atoms with van der Waals surface area (Å²) in [5, 5.41) is 3.31. The topological polar surface area (TPSA) is 38.3 Å². The Bertz CT molecular complexity index is 381. The molecule has 3 nitrogen and oxygen atoms in total. The molecule has 0 amide bonds. The van der Waals surface area contributed by atoms with Crippen LogP contribution in [0.2, 0.25) is 0 Å². The maximum absolute atomic E-state index is 11.2. The minimum absolute atomic E-state index is 0.209. The van der Waals surface area contributed by atoms with Crippen LogP contribution in [0.1, 0.15) is 24.1 Å². The van der Waals surface area contributed by atoms with Crippen molar-refractivity contribution in [2.75, 3.05) is 13.7 Å². The van der Waals surface area contributed by atoms with Crippen LogP contribution in [0.5, 0.6) is 0 Å². The highest BCUT2D eigenvalue weighted by atomic mass is 79.9. The van der Waals surface area contributed by atoms with Gasteiger partial charge in [0.25, 0.3) is 0 Å². The number of rotatable bonds is 5. The molecule has 0 radical (unpaired) electrons. The average molecular weight is 300 g/mol. The van der Waals surface area contributed by atoms with Gasteiger partial charge in [-0.2, -0.15) is 0 Å². The average Bonchev–Trinajstić information content (AvgIpc) is 2.35. The van der Waals surface area contributed by atoms with Crippen molar-refractivity contribution in [3.63, 3.8) is 0 Å². The third kappa shape index (κ3) is 4.13. The van der Waals surface area contributed by atoms with E-state index in [0.717, 1.165) is 0 Å². The molecule has 0 aliphatic carbocycles. The molecule has 1 N–H and O–H groups in total. The number of alkyl halides is 1. The van der Waals surface area contributed by atoms with E-state index in [1.165, 1.54) is 18.2 Å². The third-order valence-electron chi connectivity index (χ3n) is 2.72. The summed E-state index contributed by atoms with van der Waals surface area (Å²) in [6.45, 7) is 4.71. The zero-order valence-corrected chi connectivity index (χ0v) is 12.0. The number of esters is 1. The van der Waals surface area contributed by atoms with Crippen LogP contribution in [0.3, 0.4) is 0 Å². The van der Waals surface area contributed by atoms with Gasteiger partial charge in [0.15, 0.2) is 0 Å². The second kappa shape index (κ2) is 6.77. The second-order valence-corrected chi connectivity index (χ2v) is 5.08. The summed E-state index contributed by atoms with van der Waals surface area (Å²) in [6, 6.07) is 8.42. The number of halogens is 1. The summed E-state index contributed by atoms with van der Waals surface area (Å²) in [6.07, 6.45) is 0. The molecule has 0 bridgehead atoms. The quantitative estimate of drug-likeness (QED) is 0.671. The molecule has 2 atom stereocenters. The van der Waals surface area contributed by atoms with Gasteiger partial charge in [-0.3, -0.25) is 4.79 Å². The molecule has 1 rings (SSSR count). The van der Waals surface area contributed by atoms with Crippen LogP contribution in [-0.4, -0.2) is 24.5 Å². The first-order chi connectivity index (χ1) is 8.06. The predicted molar refractivity (Wildman–Crippen MR) is 72.3 cm³/mol. The standard InChI is InChI=1S/C13H18BrNO2/c1-9-6-4-5-7-11(9)10(2)15-8-12(14)13(16)17-3/h4-7,10,12,15H,8H2,1-3H3/t10-,12?/m1/s1. The zero-order chi connectivity index (χ0) is 12.8. The van der Waals surface area contributed by atoms with Gasteiger partial charge in [0, 0.05) is 12.6 Å². The van der Waals surface area contributed by atoms with Gasteiger partial charge in [0.1, 0.15) is 4.83 Å². The lowest BCUT2D eigenvalue weighted by Gasteiger charge is -2.18. The molecule has 0 saturated heterocycles. The minimum Gasteiger partial charge on any atom is -0.468 e. The molecule has 94 valence electrons. The molecule has 0 aliphatic heterocycles. The van der Waals surface area contributed by atoms with E-state index in [4.69, 9.17) is 0 Å². The van der Waals surface area contributed by atoms with Crippen LogP contribution >= 0.6 is 15.9 Å². The second-order valence-electron chi connectivity index (χ2n) is 3.98. The fourth-order valence-corrected chi connectivity index (χ4v) is 2.05. The number of carbonyl (C=O) groups is 1. The van der Waals surface area contributed by atoms with E-state index >= 15 is 0 Å². The van der Waals surface area contributed by atoms with Crippen LogP contribution in [0.15, 0.2) is 24.3 Å². The highest BCUT2D eigenvalue weighted by molar-refractivity contribution is 9.10. The Labute approximate surface area is 111 Å². The number of benzene rings is 1. The van der Waals surface area contributed by atoms with Crippen molar-refractivity contribution >= 4 is 21.9 Å². The van der Waals surface area contributed by atoms with E-state index in [1.807, 2.05) is 12.1 Å². The molecule has 0 spiro atoms. The minimum atomic E-state index is -0.307. The molecular formula is C13H18BrNO2. The number of methoxy groups -OCH3 is 1. The molecular weight excluding hydrogens is 282 g/mol. The van der Waals surface area contributed by atoms with Crippen LogP contribution in [-0.2, 0) is 9.53 Å². The third-order valence-corrected chi connectivity index (χ3v) is 3.41. The molecule has 1 unspecified atom stereocenters. The Morgan fingerprint density at radius 1 is 1.47 bits per heavy atom. The highest BCUT2D eigenvalue weighted by Gasteiger charge is 2.16. The van der Waals surface area contributed by atoms with Crippen molar-refractivity contribution in [2.45, 2.75) is 24.7 Å². The monoisotopic (exact) mass is 299 g/mol. The molecule has 0 fully saturated rings. The van der Waals surface area contributed by atoms with E-state index in [0.29, 0.717) is 6.54 Å². The summed E-state index contributed by atoms with van der Waals surface area (Å²) in [7, 11) is 1.39. The van der Waals surface area contributed by atoms with Crippen molar-refractivity contribution in [1.29, 1.82) is 0 Å². The van der Waals surface area contributed by atoms with Gasteiger partial charge in [-0.25, -0.2) is 0 Å². The molecule has 0 aromatic heterocycles. The number of aryl methyl sites for hydroxylation is 1. The van der Waals surface area contributed by atoms with Gasteiger partial charge in [0.2, 0.25) is 0 Å². The fraction of sp³-hybridized carbons (Fsp3) is 0.462. The largest absolute Gasteiger partial charge is 0.468 e. The lowest BCUT2D eigenvalue weighted by atomic mass is 10.0. The number of hydrogen-bond acceptors (Lipinski definition) is 3. The highest BCUT2D eigenvalue weighted by Crippen LogP contribution is 2.16. The fourth-order valence-electron chi connectivity index (χ4n) is 1.67. The maximum atomic E-state index is 11.2. The van der Waals surface area contributed by atoms with Crippen molar-refractivity contribution < 1.29 is 9.53 Å². The number of nitrogens with one attached hydrogen (secondary N) is 1. The predicted octanol–water partition coefficient (Wildman–Crippen LogP) is 2.58. The molecule has 0 heterocycles. The number of ether oxygens (including phenoxy) is 1. The SMILES string of the molecule is COC(=O)C(Br)CN[C@H](C)c1ccccc1C. The van der Waals surface area contributed by atoms with E-state index in [-0.39, 0.29) is 16.8 Å². The molecule has 1 aromatic rings. The number of carbonyl (C=O) groups excluding carboxylic acids is 1. The first-order valence-electron chi connectivity index (χ1n) is 5.57. The molecule has 1 aromatic carbocycles. The van der Waals surface area contributed by atoms with E-state index in [9.17, 15) is 4.79 Å². The van der Waals surface area contributed by atoms with Gasteiger partial charge < -0.3 is 10.1 Å². The van der Waals surface area contributed by atoms with Crippen molar-refractivity contribution in [1.82, 2.24) is 5.32 Å². The lowest BCUT2D eigenvalue weighted by Crippen LogP contribution is -2.31. The summed E-state index contributed by atoms with van der Waals surface area (Å²) >= 11 is 3.29. The summed E-state index contributed by atoms with van der Waals surface area (Å²) < 4.78 is 4.65. The molecule has 0 saturated carbocycles. The van der Waals surface area contributed by atoms with Crippen molar-refractivity contribution in [3.8, 4) is 0 Å². The van der Waals surface area contributed by atoms with Gasteiger partial charge in [-0.15, -0.1) is 0 Å². The van der Waals surface area contributed by atoms with Gasteiger partial charge in [-0.1, -0.05) is 40.2 Å². The van der Waals surface area contributed by atoms with E-state index < -0.39 is 0 Å². The Morgan fingerprint density at radius 2 is 2.12 bits per heavy atom. The van der Waals surface area contributed by atoms with Gasteiger partial charge in [-0.05, 0) is 25.0 Å². The number of hydrogen-bond donors (Lipinski definition) is 1. The summed E-state index contributed by atoms with van der Waals surface area (Å²) in [4.78, 5) is 10.9. The van der Waals surface area contributed by atoms with Crippen LogP contribution in [0.25, 0.3) is 0 Å². The first-order valence-corrected chi connectivity index (χ1v) is 6.48. The summed E-state index contributed by atoms with van der Waals surface area (Å²) in [5.74, 6) is -0.255. The Hall–Kier alpha value is -0.870.